The molecule has 1 aromatic carbocycles. The van der Waals surface area contributed by atoms with Crippen LogP contribution in [0.25, 0.3) is 0 Å². The van der Waals surface area contributed by atoms with E-state index in [1.54, 1.807) is 0 Å². The van der Waals surface area contributed by atoms with E-state index in [0.29, 0.717) is 0 Å². The van der Waals surface area contributed by atoms with Crippen molar-refractivity contribution in [2.45, 2.75) is 50.0 Å². The van der Waals surface area contributed by atoms with Gasteiger partial charge in [0.05, 0.1) is 4.08 Å². The Morgan fingerprint density at radius 1 is 1.12 bits per heavy atom. The van der Waals surface area contributed by atoms with Crippen LogP contribution in [0.2, 0.25) is 5.02 Å². The van der Waals surface area contributed by atoms with E-state index in [9.17, 15) is 0 Å². The molecule has 0 aliphatic carbocycles. The van der Waals surface area contributed by atoms with Crippen molar-refractivity contribution in [3.05, 3.63) is 34.3 Å². The molecule has 96 valence electrons. The van der Waals surface area contributed by atoms with E-state index >= 15 is 0 Å². The number of rotatable bonds is 6. The second-order valence-corrected chi connectivity index (χ2v) is 6.83. The minimum Gasteiger partial charge on any atom is -0.157 e. The van der Waals surface area contributed by atoms with Gasteiger partial charge in [0.2, 0.25) is 0 Å². The molecule has 0 aliphatic heterocycles. The van der Waals surface area contributed by atoms with Gasteiger partial charge in [-0.3, -0.25) is 0 Å². The smallest absolute Gasteiger partial charge is 0.0802 e. The molecule has 3 heteroatoms. The second kappa shape index (κ2) is 6.96. The van der Waals surface area contributed by atoms with Crippen molar-refractivity contribution >= 4 is 36.9 Å². The highest BCUT2D eigenvalue weighted by molar-refractivity contribution is 7.99. The van der Waals surface area contributed by atoms with Gasteiger partial charge in [0.25, 0.3) is 0 Å². The second-order valence-electron chi connectivity index (χ2n) is 4.52. The Balaban J connectivity index is 2.95. The average molecular weight is 289 g/mol. The lowest BCUT2D eigenvalue weighted by Gasteiger charge is -2.23. The van der Waals surface area contributed by atoms with Crippen LogP contribution in [0.3, 0.4) is 0 Å². The van der Waals surface area contributed by atoms with E-state index in [1.165, 1.54) is 18.4 Å². The molecule has 17 heavy (non-hydrogen) atoms. The summed E-state index contributed by atoms with van der Waals surface area (Å²) in [5.74, 6) is 0. The van der Waals surface area contributed by atoms with E-state index in [4.69, 9.17) is 11.6 Å². The Labute approximate surface area is 121 Å². The normalized spacial score (nSPS) is 11.8. The molecular formula is C14H21ClS2. The van der Waals surface area contributed by atoms with Crippen molar-refractivity contribution in [3.63, 3.8) is 0 Å². The van der Waals surface area contributed by atoms with Crippen LogP contribution in [0.15, 0.2) is 18.2 Å². The molecule has 0 saturated carbocycles. The van der Waals surface area contributed by atoms with Crippen molar-refractivity contribution in [2.24, 2.45) is 0 Å². The number of thiol groups is 2. The van der Waals surface area contributed by atoms with Crippen LogP contribution in [0, 0.1) is 0 Å². The van der Waals surface area contributed by atoms with Crippen molar-refractivity contribution in [1.29, 1.82) is 0 Å². The van der Waals surface area contributed by atoms with Crippen LogP contribution in [0.1, 0.15) is 50.7 Å². The van der Waals surface area contributed by atoms with Crippen LogP contribution in [0.4, 0.5) is 0 Å². The summed E-state index contributed by atoms with van der Waals surface area (Å²) < 4.78 is -0.374. The zero-order chi connectivity index (χ0) is 12.9. The SMILES string of the molecule is CCCCc1cc(Cl)cc(C(S)(S)CCC)c1. The van der Waals surface area contributed by atoms with Gasteiger partial charge in [0.1, 0.15) is 0 Å². The maximum absolute atomic E-state index is 6.17. The number of hydrogen-bond donors (Lipinski definition) is 2. The summed E-state index contributed by atoms with van der Waals surface area (Å²) in [6.45, 7) is 4.34. The molecular weight excluding hydrogens is 268 g/mol. The maximum atomic E-state index is 6.17. The molecule has 0 heterocycles. The van der Waals surface area contributed by atoms with Gasteiger partial charge in [-0.25, -0.2) is 0 Å². The number of halogens is 1. The van der Waals surface area contributed by atoms with Gasteiger partial charge in [-0.15, -0.1) is 0 Å². The quantitative estimate of drug-likeness (QED) is 0.501. The highest BCUT2D eigenvalue weighted by atomic mass is 35.5. The van der Waals surface area contributed by atoms with E-state index in [0.717, 1.165) is 29.8 Å². The monoisotopic (exact) mass is 288 g/mol. The van der Waals surface area contributed by atoms with Gasteiger partial charge in [0, 0.05) is 5.02 Å². The summed E-state index contributed by atoms with van der Waals surface area (Å²) in [6.07, 6.45) is 5.47. The molecule has 0 radical (unpaired) electrons. The zero-order valence-corrected chi connectivity index (χ0v) is 13.1. The summed E-state index contributed by atoms with van der Waals surface area (Å²) in [5.41, 5.74) is 2.41. The number of hydrogen-bond acceptors (Lipinski definition) is 2. The van der Waals surface area contributed by atoms with Gasteiger partial charge in [-0.05, 0) is 42.5 Å². The molecule has 1 aromatic rings. The predicted molar refractivity (Wildman–Crippen MR) is 84.6 cm³/mol. The summed E-state index contributed by atoms with van der Waals surface area (Å²) in [7, 11) is 0. The fourth-order valence-corrected chi connectivity index (χ4v) is 2.86. The molecule has 0 nitrogen and oxygen atoms in total. The summed E-state index contributed by atoms with van der Waals surface area (Å²) in [4.78, 5) is 0. The molecule has 0 saturated heterocycles. The molecule has 0 aromatic heterocycles. The Morgan fingerprint density at radius 3 is 2.41 bits per heavy atom. The van der Waals surface area contributed by atoms with Gasteiger partial charge < -0.3 is 0 Å². The van der Waals surface area contributed by atoms with Crippen LogP contribution in [0.5, 0.6) is 0 Å². The lowest BCUT2D eigenvalue weighted by atomic mass is 10.0. The molecule has 0 spiro atoms. The number of aryl methyl sites for hydroxylation is 1. The third kappa shape index (κ3) is 4.76. The Morgan fingerprint density at radius 2 is 1.82 bits per heavy atom. The van der Waals surface area contributed by atoms with Gasteiger partial charge in [0.15, 0.2) is 0 Å². The lowest BCUT2D eigenvalue weighted by Crippen LogP contribution is -2.10. The minimum absolute atomic E-state index is 0.374. The van der Waals surface area contributed by atoms with Crippen LogP contribution in [-0.2, 0) is 10.5 Å². The first-order valence-electron chi connectivity index (χ1n) is 6.24. The highest BCUT2D eigenvalue weighted by Gasteiger charge is 2.22. The van der Waals surface area contributed by atoms with E-state index in [2.05, 4.69) is 45.2 Å². The molecule has 0 aliphatic rings. The summed E-state index contributed by atoms with van der Waals surface area (Å²) >= 11 is 15.5. The molecule has 0 fully saturated rings. The molecule has 0 bridgehead atoms. The van der Waals surface area contributed by atoms with Gasteiger partial charge in [-0.1, -0.05) is 44.4 Å². The Kier molecular flexibility index (Phi) is 6.25. The lowest BCUT2D eigenvalue weighted by molar-refractivity contribution is 0.739. The molecule has 0 N–H and O–H groups in total. The fourth-order valence-electron chi connectivity index (χ4n) is 1.90. The van der Waals surface area contributed by atoms with Crippen LogP contribution < -0.4 is 0 Å². The standard InChI is InChI=1S/C14H21ClS2/c1-3-5-6-11-8-12(10-13(15)9-11)14(16,17)7-4-2/h8-10,16-17H,3-7H2,1-2H3. The maximum Gasteiger partial charge on any atom is 0.0802 e. The van der Waals surface area contributed by atoms with Crippen molar-refractivity contribution in [2.75, 3.05) is 0 Å². The zero-order valence-electron chi connectivity index (χ0n) is 10.5. The van der Waals surface area contributed by atoms with Crippen molar-refractivity contribution in [3.8, 4) is 0 Å². The van der Waals surface area contributed by atoms with Crippen LogP contribution in [-0.4, -0.2) is 0 Å². The number of benzene rings is 1. The van der Waals surface area contributed by atoms with Gasteiger partial charge in [-0.2, -0.15) is 25.3 Å². The van der Waals surface area contributed by atoms with E-state index in [1.807, 2.05) is 12.1 Å². The first-order valence-corrected chi connectivity index (χ1v) is 7.51. The van der Waals surface area contributed by atoms with Crippen LogP contribution >= 0.6 is 36.9 Å². The first-order chi connectivity index (χ1) is 7.99. The molecule has 0 unspecified atom stereocenters. The highest BCUT2D eigenvalue weighted by Crippen LogP contribution is 2.39. The number of unbranched alkanes of at least 4 members (excludes halogenated alkanes) is 1. The predicted octanol–water partition coefficient (Wildman–Crippen LogP) is 5.50. The van der Waals surface area contributed by atoms with E-state index in [-0.39, 0.29) is 4.08 Å². The van der Waals surface area contributed by atoms with Crippen molar-refractivity contribution in [1.82, 2.24) is 0 Å². The molecule has 1 rings (SSSR count). The Bertz CT molecular complexity index is 361. The van der Waals surface area contributed by atoms with Crippen molar-refractivity contribution < 1.29 is 0 Å². The minimum atomic E-state index is -0.374. The third-order valence-electron chi connectivity index (χ3n) is 2.84. The topological polar surface area (TPSA) is 0 Å². The van der Waals surface area contributed by atoms with E-state index < -0.39 is 0 Å². The fraction of sp³-hybridized carbons (Fsp3) is 0.571. The third-order valence-corrected chi connectivity index (χ3v) is 4.02. The summed E-state index contributed by atoms with van der Waals surface area (Å²) in [6, 6.07) is 6.22. The summed E-state index contributed by atoms with van der Waals surface area (Å²) in [5, 5.41) is 0.789. The average Bonchev–Trinajstić information content (AvgIpc) is 2.25. The molecule has 0 atom stereocenters. The first kappa shape index (κ1) is 15.3. The largest absolute Gasteiger partial charge is 0.157 e. The Hall–Kier alpha value is 0.210. The van der Waals surface area contributed by atoms with Gasteiger partial charge >= 0.3 is 0 Å². The molecule has 0 amide bonds.